The molecule has 0 spiro atoms. The van der Waals surface area contributed by atoms with Crippen molar-refractivity contribution in [2.45, 2.75) is 83.2 Å². The zero-order valence-corrected chi connectivity index (χ0v) is 13.2. The first-order chi connectivity index (χ1) is 9.31. The number of nitrogens with zero attached hydrogens (tertiary/aromatic N) is 1. The van der Waals surface area contributed by atoms with E-state index in [1.165, 1.54) is 77.3 Å². The molecule has 2 heteroatoms. The molecule has 112 valence electrons. The molecule has 2 fully saturated rings. The van der Waals surface area contributed by atoms with Crippen molar-refractivity contribution in [3.8, 4) is 0 Å². The summed E-state index contributed by atoms with van der Waals surface area (Å²) in [5.41, 5.74) is 0. The van der Waals surface area contributed by atoms with Crippen LogP contribution in [0.4, 0.5) is 0 Å². The Morgan fingerprint density at radius 1 is 0.947 bits per heavy atom. The van der Waals surface area contributed by atoms with Crippen LogP contribution in [0.2, 0.25) is 0 Å². The molecule has 2 aliphatic rings. The largest absolute Gasteiger partial charge is 0.312 e. The summed E-state index contributed by atoms with van der Waals surface area (Å²) in [6.45, 7) is 4.81. The summed E-state index contributed by atoms with van der Waals surface area (Å²) >= 11 is 0. The second-order valence-electron chi connectivity index (χ2n) is 6.86. The summed E-state index contributed by atoms with van der Waals surface area (Å²) < 4.78 is 0. The molecule has 19 heavy (non-hydrogen) atoms. The van der Waals surface area contributed by atoms with Crippen molar-refractivity contribution in [1.82, 2.24) is 10.2 Å². The van der Waals surface area contributed by atoms with Gasteiger partial charge in [-0.25, -0.2) is 0 Å². The van der Waals surface area contributed by atoms with Crippen LogP contribution in [0.3, 0.4) is 0 Å². The van der Waals surface area contributed by atoms with Crippen molar-refractivity contribution in [3.05, 3.63) is 0 Å². The van der Waals surface area contributed by atoms with Gasteiger partial charge in [0.15, 0.2) is 0 Å². The summed E-state index contributed by atoms with van der Waals surface area (Å²) in [7, 11) is 2.38. The van der Waals surface area contributed by atoms with Gasteiger partial charge in [-0.05, 0) is 51.6 Å². The van der Waals surface area contributed by atoms with Crippen LogP contribution in [0.25, 0.3) is 0 Å². The second-order valence-corrected chi connectivity index (χ2v) is 6.86. The minimum absolute atomic E-state index is 0.752. The highest BCUT2D eigenvalue weighted by molar-refractivity contribution is 4.88. The third-order valence-electron chi connectivity index (χ3n) is 5.22. The zero-order chi connectivity index (χ0) is 13.5. The predicted molar refractivity (Wildman–Crippen MR) is 83.5 cm³/mol. The van der Waals surface area contributed by atoms with E-state index in [-0.39, 0.29) is 0 Å². The van der Waals surface area contributed by atoms with Crippen LogP contribution in [-0.2, 0) is 0 Å². The van der Waals surface area contributed by atoms with Gasteiger partial charge in [0.1, 0.15) is 0 Å². The Hall–Kier alpha value is -0.0800. The average Bonchev–Trinajstić information content (AvgIpc) is 2.46. The molecule has 0 aromatic heterocycles. The van der Waals surface area contributed by atoms with E-state index >= 15 is 0 Å². The van der Waals surface area contributed by atoms with Crippen molar-refractivity contribution in [2.24, 2.45) is 5.92 Å². The van der Waals surface area contributed by atoms with Crippen molar-refractivity contribution < 1.29 is 0 Å². The third-order valence-corrected chi connectivity index (χ3v) is 5.22. The molecule has 2 saturated carbocycles. The molecular weight excluding hydrogens is 232 g/mol. The van der Waals surface area contributed by atoms with E-state index < -0.39 is 0 Å². The summed E-state index contributed by atoms with van der Waals surface area (Å²) in [5.74, 6) is 0.979. The topological polar surface area (TPSA) is 15.3 Å². The van der Waals surface area contributed by atoms with Crippen LogP contribution in [0, 0.1) is 5.92 Å². The molecule has 0 radical (unpaired) electrons. The lowest BCUT2D eigenvalue weighted by molar-refractivity contribution is 0.121. The standard InChI is InChI=1S/C17H34N2/c1-3-13-18-16-11-7-8-12-17(16)19(2)14-15-9-5-4-6-10-15/h15-18H,3-14H2,1-2H3. The van der Waals surface area contributed by atoms with Crippen molar-refractivity contribution in [2.75, 3.05) is 20.1 Å². The first-order valence-corrected chi connectivity index (χ1v) is 8.75. The van der Waals surface area contributed by atoms with Crippen molar-refractivity contribution in [3.63, 3.8) is 0 Å². The molecule has 2 atom stereocenters. The highest BCUT2D eigenvalue weighted by Crippen LogP contribution is 2.27. The maximum absolute atomic E-state index is 3.80. The minimum Gasteiger partial charge on any atom is -0.312 e. The van der Waals surface area contributed by atoms with Gasteiger partial charge in [0.2, 0.25) is 0 Å². The van der Waals surface area contributed by atoms with Gasteiger partial charge in [0.05, 0.1) is 0 Å². The molecule has 0 saturated heterocycles. The first-order valence-electron chi connectivity index (χ1n) is 8.75. The Morgan fingerprint density at radius 3 is 2.37 bits per heavy atom. The maximum atomic E-state index is 3.80. The molecule has 2 rings (SSSR count). The molecule has 1 N–H and O–H groups in total. The van der Waals surface area contributed by atoms with Crippen molar-refractivity contribution >= 4 is 0 Å². The van der Waals surface area contributed by atoms with Gasteiger partial charge in [0.25, 0.3) is 0 Å². The van der Waals surface area contributed by atoms with E-state index in [1.54, 1.807) is 0 Å². The van der Waals surface area contributed by atoms with Crippen LogP contribution in [0.1, 0.15) is 71.1 Å². The monoisotopic (exact) mass is 266 g/mol. The van der Waals surface area contributed by atoms with Crippen LogP contribution in [0.15, 0.2) is 0 Å². The Kier molecular flexibility index (Phi) is 6.66. The van der Waals surface area contributed by atoms with Gasteiger partial charge in [-0.2, -0.15) is 0 Å². The molecule has 0 aliphatic heterocycles. The van der Waals surface area contributed by atoms with Crippen molar-refractivity contribution in [1.29, 1.82) is 0 Å². The molecule has 0 amide bonds. The number of hydrogen-bond acceptors (Lipinski definition) is 2. The van der Waals surface area contributed by atoms with E-state index in [1.807, 2.05) is 0 Å². The number of hydrogen-bond donors (Lipinski definition) is 1. The number of nitrogens with one attached hydrogen (secondary N) is 1. The Balaban J connectivity index is 1.81. The smallest absolute Gasteiger partial charge is 0.0246 e. The highest BCUT2D eigenvalue weighted by Gasteiger charge is 2.29. The van der Waals surface area contributed by atoms with Gasteiger partial charge < -0.3 is 10.2 Å². The maximum Gasteiger partial charge on any atom is 0.0246 e. The molecule has 2 aliphatic carbocycles. The fourth-order valence-corrected chi connectivity index (χ4v) is 4.12. The fraction of sp³-hybridized carbons (Fsp3) is 1.00. The summed E-state index contributed by atoms with van der Waals surface area (Å²) in [4.78, 5) is 2.70. The van der Waals surface area contributed by atoms with E-state index in [0.29, 0.717) is 0 Å². The van der Waals surface area contributed by atoms with E-state index in [4.69, 9.17) is 0 Å². The molecule has 0 aromatic rings. The first kappa shape index (κ1) is 15.3. The van der Waals surface area contributed by atoms with E-state index in [2.05, 4.69) is 24.2 Å². The zero-order valence-electron chi connectivity index (χ0n) is 13.2. The molecule has 0 bridgehead atoms. The third kappa shape index (κ3) is 4.75. The van der Waals surface area contributed by atoms with Gasteiger partial charge in [-0.1, -0.05) is 39.0 Å². The van der Waals surface area contributed by atoms with Crippen LogP contribution in [-0.4, -0.2) is 37.1 Å². The van der Waals surface area contributed by atoms with Crippen LogP contribution in [0.5, 0.6) is 0 Å². The normalized spacial score (nSPS) is 29.8. The SMILES string of the molecule is CCCNC1CCCCC1N(C)CC1CCCCC1. The lowest BCUT2D eigenvalue weighted by Crippen LogP contribution is -2.51. The lowest BCUT2D eigenvalue weighted by atomic mass is 9.86. The van der Waals surface area contributed by atoms with Gasteiger partial charge in [-0.15, -0.1) is 0 Å². The highest BCUT2D eigenvalue weighted by atomic mass is 15.2. The Labute approximate surface area is 120 Å². The summed E-state index contributed by atoms with van der Waals surface area (Å²) in [6, 6.07) is 1.55. The summed E-state index contributed by atoms with van der Waals surface area (Å²) in [6.07, 6.45) is 14.3. The molecule has 0 heterocycles. The average molecular weight is 266 g/mol. The summed E-state index contributed by atoms with van der Waals surface area (Å²) in [5, 5.41) is 3.80. The number of likely N-dealkylation sites (N-methyl/N-ethyl adjacent to an activating group) is 1. The van der Waals surface area contributed by atoms with E-state index in [9.17, 15) is 0 Å². The lowest BCUT2D eigenvalue weighted by Gasteiger charge is -2.40. The number of rotatable bonds is 6. The Bertz CT molecular complexity index is 235. The molecule has 2 nitrogen and oxygen atoms in total. The predicted octanol–water partition coefficient (Wildman–Crippen LogP) is 3.81. The molecular formula is C17H34N2. The van der Waals surface area contributed by atoms with Gasteiger partial charge >= 0.3 is 0 Å². The Morgan fingerprint density at radius 2 is 1.63 bits per heavy atom. The second kappa shape index (κ2) is 8.26. The van der Waals surface area contributed by atoms with Gasteiger partial charge in [0, 0.05) is 18.6 Å². The fourth-order valence-electron chi connectivity index (χ4n) is 4.12. The van der Waals surface area contributed by atoms with E-state index in [0.717, 1.165) is 18.0 Å². The molecule has 0 aromatic carbocycles. The molecule has 2 unspecified atom stereocenters. The van der Waals surface area contributed by atoms with Gasteiger partial charge in [-0.3, -0.25) is 0 Å². The quantitative estimate of drug-likeness (QED) is 0.786. The van der Waals surface area contributed by atoms with Crippen LogP contribution < -0.4 is 5.32 Å². The minimum atomic E-state index is 0.752. The van der Waals surface area contributed by atoms with Crippen LogP contribution >= 0.6 is 0 Å².